The molecule has 0 radical (unpaired) electrons. The first-order valence-electron chi connectivity index (χ1n) is 13.6. The number of anilines is 1. The van der Waals surface area contributed by atoms with Gasteiger partial charge in [-0.05, 0) is 72.5 Å². The summed E-state index contributed by atoms with van der Waals surface area (Å²) in [4.78, 5) is 15.3. The van der Waals surface area contributed by atoms with Crippen molar-refractivity contribution in [2.45, 2.75) is 55.7 Å². The minimum absolute atomic E-state index is 0.0198. The molecule has 1 amide bonds. The molecule has 1 heterocycles. The molecule has 3 atom stereocenters. The van der Waals surface area contributed by atoms with E-state index < -0.39 is 28.4 Å². The van der Waals surface area contributed by atoms with Crippen molar-refractivity contribution in [1.82, 2.24) is 5.32 Å². The highest BCUT2D eigenvalue weighted by atomic mass is 32.2. The third kappa shape index (κ3) is 7.69. The lowest BCUT2D eigenvalue weighted by atomic mass is 9.87. The average Bonchev–Trinajstić information content (AvgIpc) is 3.00. The summed E-state index contributed by atoms with van der Waals surface area (Å²) < 4.78 is 68.0. The fourth-order valence-electron chi connectivity index (χ4n) is 5.17. The lowest BCUT2D eigenvalue weighted by Crippen LogP contribution is -2.45. The fraction of sp³-hybridized carbons (Fsp3) is 0.355. The van der Waals surface area contributed by atoms with Gasteiger partial charge in [0.15, 0.2) is 9.84 Å². The van der Waals surface area contributed by atoms with Gasteiger partial charge in [-0.15, -0.1) is 0 Å². The summed E-state index contributed by atoms with van der Waals surface area (Å²) in [7, 11) is -3.38. The predicted octanol–water partition coefficient (Wildman–Crippen LogP) is 6.00. The molecule has 3 aromatic carbocycles. The maximum atomic E-state index is 13.5. The van der Waals surface area contributed by atoms with Gasteiger partial charge in [0.1, 0.15) is 5.82 Å². The zero-order chi connectivity index (χ0) is 30.3. The maximum Gasteiger partial charge on any atom is 0.345 e. The van der Waals surface area contributed by atoms with Crippen LogP contribution in [0.5, 0.6) is 0 Å². The minimum atomic E-state index is -3.38. The molecule has 4 rings (SSSR count). The second kappa shape index (κ2) is 13.9. The van der Waals surface area contributed by atoms with Crippen molar-refractivity contribution >= 4 is 21.4 Å². The van der Waals surface area contributed by atoms with Crippen molar-refractivity contribution in [2.24, 2.45) is 0 Å². The highest BCUT2D eigenvalue weighted by molar-refractivity contribution is 7.91. The number of benzene rings is 3. The zero-order valence-electron chi connectivity index (χ0n) is 23.0. The Labute approximate surface area is 243 Å². The summed E-state index contributed by atoms with van der Waals surface area (Å²) in [5, 5.41) is 12.2. The van der Waals surface area contributed by atoms with Gasteiger partial charge in [-0.2, -0.15) is 14.0 Å². The Balaban J connectivity index is 1.50. The number of nitriles is 1. The van der Waals surface area contributed by atoms with E-state index in [-0.39, 0.29) is 41.5 Å². The van der Waals surface area contributed by atoms with Gasteiger partial charge in [0.05, 0.1) is 41.8 Å². The largest absolute Gasteiger partial charge is 0.366 e. The quantitative estimate of drug-likeness (QED) is 0.291. The summed E-state index contributed by atoms with van der Waals surface area (Å²) in [6.07, 6.45) is 1.30. The molecule has 222 valence electrons. The van der Waals surface area contributed by atoms with Gasteiger partial charge < -0.3 is 15.0 Å². The lowest BCUT2D eigenvalue weighted by molar-refractivity contribution is -0.133. The minimum Gasteiger partial charge on any atom is -0.366 e. The summed E-state index contributed by atoms with van der Waals surface area (Å²) in [5.41, 5.74) is 2.61. The number of carbonyl (C=O) groups excluding carboxylic acids is 1. The predicted molar refractivity (Wildman–Crippen MR) is 153 cm³/mol. The fourth-order valence-corrected chi connectivity index (χ4v) is 6.06. The first kappa shape index (κ1) is 31.1. The van der Waals surface area contributed by atoms with Gasteiger partial charge in [-0.25, -0.2) is 12.8 Å². The monoisotopic (exact) mass is 599 g/mol. The molecule has 7 nitrogen and oxygen atoms in total. The molecule has 11 heteroatoms. The Morgan fingerprint density at radius 3 is 2.31 bits per heavy atom. The molecule has 0 spiro atoms. The van der Waals surface area contributed by atoms with E-state index in [4.69, 9.17) is 0 Å². The average molecular weight is 600 g/mol. The number of sulfone groups is 1. The smallest absolute Gasteiger partial charge is 0.345 e. The highest BCUT2D eigenvalue weighted by Crippen LogP contribution is 2.34. The van der Waals surface area contributed by atoms with Crippen LogP contribution in [0.3, 0.4) is 0 Å². The number of alkyl halides is 2. The number of rotatable bonds is 11. The summed E-state index contributed by atoms with van der Waals surface area (Å²) in [5.74, 6) is -0.735. The van der Waals surface area contributed by atoms with E-state index >= 15 is 0 Å². The number of hydrogen-bond acceptors (Lipinski definition) is 6. The van der Waals surface area contributed by atoms with Gasteiger partial charge in [0.25, 0.3) is 5.91 Å². The van der Waals surface area contributed by atoms with Crippen molar-refractivity contribution in [1.29, 1.82) is 5.26 Å². The number of amides is 1. The molecule has 0 saturated carbocycles. The van der Waals surface area contributed by atoms with Crippen LogP contribution in [0.2, 0.25) is 0 Å². The van der Waals surface area contributed by atoms with Gasteiger partial charge >= 0.3 is 6.61 Å². The molecule has 0 unspecified atom stereocenters. The van der Waals surface area contributed by atoms with Crippen LogP contribution in [-0.2, 0) is 14.6 Å². The van der Waals surface area contributed by atoms with E-state index in [1.165, 1.54) is 24.3 Å². The van der Waals surface area contributed by atoms with Crippen molar-refractivity contribution in [3.63, 3.8) is 0 Å². The first-order chi connectivity index (χ1) is 20.1. The number of ether oxygens (including phenoxy) is 1. The number of nitrogens with one attached hydrogen (secondary N) is 1. The second-order valence-corrected chi connectivity index (χ2v) is 12.4. The Bertz CT molecular complexity index is 1490. The molecular formula is C31H32F3N3O4S. The third-order valence-electron chi connectivity index (χ3n) is 7.55. The van der Waals surface area contributed by atoms with Crippen molar-refractivity contribution in [2.75, 3.05) is 23.8 Å². The molecule has 1 aliphatic rings. The second-order valence-electron chi connectivity index (χ2n) is 10.1. The van der Waals surface area contributed by atoms with Gasteiger partial charge in [0.2, 0.25) is 0 Å². The standard InChI is InChI=1S/C31H32F3N3O4S/c1-2-42(39,40)28-15-8-22(9-16-28)29(17-18-35)36-30(38)23-5-12-26(13-6-23)37-19-24(21-3-10-25(32)11-4-21)7-14-27(37)20-41-31(33)34/h3-6,8-13,15-16,24,27,29,31H,2,7,14,17,19-20H2,1H3,(H,36,38)/t24-,27+,29+/m1/s1. The summed E-state index contributed by atoms with van der Waals surface area (Å²) in [6, 6.07) is 20.2. The van der Waals surface area contributed by atoms with Crippen LogP contribution < -0.4 is 10.2 Å². The number of carbonyl (C=O) groups is 1. The molecule has 1 saturated heterocycles. The van der Waals surface area contributed by atoms with Crippen molar-refractivity contribution < 1.29 is 31.1 Å². The Morgan fingerprint density at radius 1 is 1.05 bits per heavy atom. The number of halogens is 3. The Kier molecular flexibility index (Phi) is 10.2. The highest BCUT2D eigenvalue weighted by Gasteiger charge is 2.30. The molecule has 0 aromatic heterocycles. The van der Waals surface area contributed by atoms with Crippen LogP contribution in [0.25, 0.3) is 0 Å². The Morgan fingerprint density at radius 2 is 1.71 bits per heavy atom. The van der Waals surface area contributed by atoms with Crippen LogP contribution in [0.1, 0.15) is 59.6 Å². The van der Waals surface area contributed by atoms with E-state index in [1.807, 2.05) is 4.90 Å². The molecule has 42 heavy (non-hydrogen) atoms. The van der Waals surface area contributed by atoms with Crippen molar-refractivity contribution in [3.8, 4) is 6.07 Å². The molecule has 0 bridgehead atoms. The van der Waals surface area contributed by atoms with Gasteiger partial charge in [-0.1, -0.05) is 31.2 Å². The van der Waals surface area contributed by atoms with Crippen LogP contribution in [0, 0.1) is 17.1 Å². The van der Waals surface area contributed by atoms with Crippen LogP contribution in [0.4, 0.5) is 18.9 Å². The van der Waals surface area contributed by atoms with Gasteiger partial charge in [0, 0.05) is 23.7 Å². The van der Waals surface area contributed by atoms with E-state index in [2.05, 4.69) is 16.1 Å². The lowest BCUT2D eigenvalue weighted by Gasteiger charge is -2.41. The van der Waals surface area contributed by atoms with Crippen LogP contribution in [0.15, 0.2) is 77.7 Å². The maximum absolute atomic E-state index is 13.5. The Hall–Kier alpha value is -3.88. The van der Waals surface area contributed by atoms with E-state index in [1.54, 1.807) is 55.5 Å². The number of nitrogens with zero attached hydrogens (tertiary/aromatic N) is 2. The summed E-state index contributed by atoms with van der Waals surface area (Å²) in [6.45, 7) is -0.992. The molecule has 1 N–H and O–H groups in total. The first-order valence-corrected chi connectivity index (χ1v) is 15.3. The van der Waals surface area contributed by atoms with Crippen LogP contribution >= 0.6 is 0 Å². The van der Waals surface area contributed by atoms with E-state index in [9.17, 15) is 31.6 Å². The SMILES string of the molecule is CCS(=O)(=O)c1ccc([C@H](CC#N)NC(=O)c2ccc(N3C[C@H](c4ccc(F)cc4)CC[C@H]3COC(F)F)cc2)cc1. The molecule has 3 aromatic rings. The normalized spacial score (nSPS) is 18.0. The van der Waals surface area contributed by atoms with Crippen molar-refractivity contribution in [3.05, 3.63) is 95.3 Å². The molecule has 1 fully saturated rings. The van der Waals surface area contributed by atoms with E-state index in [0.717, 1.165) is 17.7 Å². The third-order valence-corrected chi connectivity index (χ3v) is 9.30. The molecule has 1 aliphatic heterocycles. The number of piperidine rings is 1. The number of hydrogen-bond donors (Lipinski definition) is 1. The van der Waals surface area contributed by atoms with Crippen LogP contribution in [-0.4, -0.2) is 45.9 Å². The molecule has 0 aliphatic carbocycles. The van der Waals surface area contributed by atoms with Gasteiger partial charge in [-0.3, -0.25) is 4.79 Å². The topological polar surface area (TPSA) is 99.5 Å². The van der Waals surface area contributed by atoms with E-state index in [0.29, 0.717) is 24.1 Å². The zero-order valence-corrected chi connectivity index (χ0v) is 23.9. The summed E-state index contributed by atoms with van der Waals surface area (Å²) >= 11 is 0. The molecular weight excluding hydrogens is 567 g/mol.